The molecule has 130 valence electrons. The molecule has 1 atom stereocenters. The number of ether oxygens (including phenoxy) is 1. The number of hydrogen-bond donors (Lipinski definition) is 1. The van der Waals surface area contributed by atoms with Crippen LogP contribution in [0.25, 0.3) is 11.1 Å². The van der Waals surface area contributed by atoms with Crippen LogP contribution in [-0.2, 0) is 12.0 Å². The molecule has 0 aliphatic carbocycles. The van der Waals surface area contributed by atoms with Crippen LogP contribution in [0.1, 0.15) is 23.6 Å². The van der Waals surface area contributed by atoms with Crippen molar-refractivity contribution in [1.29, 1.82) is 0 Å². The lowest BCUT2D eigenvalue weighted by molar-refractivity contribution is 0.415. The highest BCUT2D eigenvalue weighted by Crippen LogP contribution is 2.36. The van der Waals surface area contributed by atoms with Gasteiger partial charge < -0.3 is 10.5 Å². The van der Waals surface area contributed by atoms with Crippen molar-refractivity contribution in [3.05, 3.63) is 89.5 Å². The Labute approximate surface area is 154 Å². The van der Waals surface area contributed by atoms with Gasteiger partial charge in [-0.25, -0.2) is 0 Å². The number of fused-ring (bicyclic) bond motifs is 1. The van der Waals surface area contributed by atoms with Crippen LogP contribution in [0.3, 0.4) is 0 Å². The standard InChI is InChI=1S/C23H22N2O/c1-23(15-18-7-3-4-12-21(18)22(24)25-23)19-10-5-8-16(13-19)17-9-6-11-20(14-17)26-2/h3-14H,15H2,1-2H3,(H2,24,25). The van der Waals surface area contributed by atoms with E-state index in [-0.39, 0.29) is 5.54 Å². The van der Waals surface area contributed by atoms with Crippen LogP contribution in [0.2, 0.25) is 0 Å². The average Bonchev–Trinajstić information content (AvgIpc) is 2.68. The highest BCUT2D eigenvalue weighted by molar-refractivity contribution is 6.00. The number of nitrogens with zero attached hydrogens (tertiary/aromatic N) is 1. The molecule has 4 rings (SSSR count). The molecule has 1 heterocycles. The molecule has 3 heteroatoms. The second kappa shape index (κ2) is 6.34. The van der Waals surface area contributed by atoms with Gasteiger partial charge in [-0.05, 0) is 47.4 Å². The predicted molar refractivity (Wildman–Crippen MR) is 107 cm³/mol. The molecule has 0 saturated carbocycles. The van der Waals surface area contributed by atoms with Crippen LogP contribution in [0.4, 0.5) is 0 Å². The second-order valence-electron chi connectivity index (χ2n) is 6.92. The Bertz CT molecular complexity index is 993. The molecule has 1 aliphatic heterocycles. The van der Waals surface area contributed by atoms with E-state index in [9.17, 15) is 0 Å². The topological polar surface area (TPSA) is 47.6 Å². The fourth-order valence-corrected chi connectivity index (χ4v) is 3.66. The summed E-state index contributed by atoms with van der Waals surface area (Å²) in [6, 6.07) is 24.9. The molecule has 2 N–H and O–H groups in total. The minimum atomic E-state index is -0.368. The fourth-order valence-electron chi connectivity index (χ4n) is 3.66. The fraction of sp³-hybridized carbons (Fsp3) is 0.174. The van der Waals surface area contributed by atoms with E-state index in [2.05, 4.69) is 55.5 Å². The van der Waals surface area contributed by atoms with Gasteiger partial charge in [-0.2, -0.15) is 0 Å². The molecule has 0 saturated heterocycles. The zero-order valence-corrected chi connectivity index (χ0v) is 15.1. The van der Waals surface area contributed by atoms with Gasteiger partial charge in [0.1, 0.15) is 11.6 Å². The summed E-state index contributed by atoms with van der Waals surface area (Å²) in [7, 11) is 1.69. The lowest BCUT2D eigenvalue weighted by atomic mass is 9.81. The molecule has 0 aromatic heterocycles. The maximum Gasteiger partial charge on any atom is 0.126 e. The van der Waals surface area contributed by atoms with Crippen LogP contribution in [0, 0.1) is 0 Å². The third-order valence-electron chi connectivity index (χ3n) is 5.08. The first-order valence-electron chi connectivity index (χ1n) is 8.78. The van der Waals surface area contributed by atoms with Crippen molar-refractivity contribution in [3.8, 4) is 16.9 Å². The largest absolute Gasteiger partial charge is 0.497 e. The Balaban J connectivity index is 1.76. The molecular weight excluding hydrogens is 320 g/mol. The van der Waals surface area contributed by atoms with Gasteiger partial charge in [0, 0.05) is 12.0 Å². The molecular formula is C23H22N2O. The number of methoxy groups -OCH3 is 1. The Morgan fingerprint density at radius 3 is 2.46 bits per heavy atom. The summed E-state index contributed by atoms with van der Waals surface area (Å²) < 4.78 is 5.36. The number of hydrogen-bond acceptors (Lipinski definition) is 3. The Hall–Kier alpha value is -3.07. The van der Waals surface area contributed by atoms with Gasteiger partial charge >= 0.3 is 0 Å². The van der Waals surface area contributed by atoms with E-state index in [0.717, 1.165) is 34.4 Å². The zero-order chi connectivity index (χ0) is 18.1. The number of aliphatic imine (C=N–C) groups is 1. The van der Waals surface area contributed by atoms with E-state index in [1.165, 1.54) is 5.56 Å². The molecule has 0 fully saturated rings. The molecule has 3 aromatic carbocycles. The lowest BCUT2D eigenvalue weighted by Crippen LogP contribution is -2.33. The summed E-state index contributed by atoms with van der Waals surface area (Å²) in [6.07, 6.45) is 0.839. The first-order valence-corrected chi connectivity index (χ1v) is 8.78. The van der Waals surface area contributed by atoms with Crippen LogP contribution < -0.4 is 10.5 Å². The van der Waals surface area contributed by atoms with Crippen LogP contribution in [0.15, 0.2) is 77.8 Å². The third-order valence-corrected chi connectivity index (χ3v) is 5.08. The van der Waals surface area contributed by atoms with Crippen LogP contribution in [0.5, 0.6) is 5.75 Å². The van der Waals surface area contributed by atoms with Gasteiger partial charge in [0.2, 0.25) is 0 Å². The number of rotatable bonds is 3. The summed E-state index contributed by atoms with van der Waals surface area (Å²) in [4.78, 5) is 4.86. The molecule has 0 spiro atoms. The van der Waals surface area contributed by atoms with E-state index in [0.29, 0.717) is 5.84 Å². The normalized spacial score (nSPS) is 18.8. The third kappa shape index (κ3) is 2.86. The number of nitrogens with two attached hydrogens (primary N) is 1. The van der Waals surface area contributed by atoms with E-state index in [4.69, 9.17) is 15.5 Å². The van der Waals surface area contributed by atoms with Gasteiger partial charge in [-0.3, -0.25) is 4.99 Å². The number of amidine groups is 1. The molecule has 0 amide bonds. The number of benzene rings is 3. The summed E-state index contributed by atoms with van der Waals surface area (Å²) in [5, 5.41) is 0. The minimum Gasteiger partial charge on any atom is -0.497 e. The minimum absolute atomic E-state index is 0.368. The second-order valence-corrected chi connectivity index (χ2v) is 6.92. The molecule has 0 bridgehead atoms. The Kier molecular flexibility index (Phi) is 4.00. The van der Waals surface area contributed by atoms with Crippen LogP contribution >= 0.6 is 0 Å². The van der Waals surface area contributed by atoms with Gasteiger partial charge in [0.25, 0.3) is 0 Å². The molecule has 1 unspecified atom stereocenters. The van der Waals surface area contributed by atoms with E-state index < -0.39 is 0 Å². The summed E-state index contributed by atoms with van der Waals surface area (Å²) in [5.74, 6) is 1.47. The first kappa shape index (κ1) is 16.4. The first-order chi connectivity index (χ1) is 12.6. The highest BCUT2D eigenvalue weighted by atomic mass is 16.5. The van der Waals surface area contributed by atoms with Crippen LogP contribution in [-0.4, -0.2) is 12.9 Å². The van der Waals surface area contributed by atoms with E-state index in [1.807, 2.05) is 24.3 Å². The molecule has 26 heavy (non-hydrogen) atoms. The summed E-state index contributed by atoms with van der Waals surface area (Å²) in [6.45, 7) is 2.15. The van der Waals surface area contributed by atoms with Gasteiger partial charge in [-0.15, -0.1) is 0 Å². The van der Waals surface area contributed by atoms with Crippen molar-refractivity contribution in [3.63, 3.8) is 0 Å². The molecule has 3 aromatic rings. The van der Waals surface area contributed by atoms with E-state index >= 15 is 0 Å². The van der Waals surface area contributed by atoms with Crippen molar-refractivity contribution in [2.24, 2.45) is 10.7 Å². The Morgan fingerprint density at radius 2 is 1.65 bits per heavy atom. The Morgan fingerprint density at radius 1 is 0.923 bits per heavy atom. The smallest absolute Gasteiger partial charge is 0.126 e. The summed E-state index contributed by atoms with van der Waals surface area (Å²) >= 11 is 0. The van der Waals surface area contributed by atoms with Crippen molar-refractivity contribution in [1.82, 2.24) is 0 Å². The SMILES string of the molecule is COc1cccc(-c2cccc(C3(C)Cc4ccccc4C(N)=N3)c2)c1. The maximum atomic E-state index is 6.28. The van der Waals surface area contributed by atoms with Gasteiger partial charge in [0.05, 0.1) is 12.6 Å². The zero-order valence-electron chi connectivity index (χ0n) is 15.1. The monoisotopic (exact) mass is 342 g/mol. The average molecular weight is 342 g/mol. The molecule has 0 radical (unpaired) electrons. The van der Waals surface area contributed by atoms with Gasteiger partial charge in [-0.1, -0.05) is 54.6 Å². The van der Waals surface area contributed by atoms with E-state index in [1.54, 1.807) is 7.11 Å². The van der Waals surface area contributed by atoms with Crippen molar-refractivity contribution in [2.45, 2.75) is 18.9 Å². The molecule has 1 aliphatic rings. The summed E-state index contributed by atoms with van der Waals surface area (Å²) in [5.41, 5.74) is 11.6. The highest BCUT2D eigenvalue weighted by Gasteiger charge is 2.32. The quantitative estimate of drug-likeness (QED) is 0.760. The predicted octanol–water partition coefficient (Wildman–Crippen LogP) is 4.54. The maximum absolute atomic E-state index is 6.28. The molecule has 3 nitrogen and oxygen atoms in total. The lowest BCUT2D eigenvalue weighted by Gasteiger charge is -2.32. The van der Waals surface area contributed by atoms with Crippen molar-refractivity contribution < 1.29 is 4.74 Å². The van der Waals surface area contributed by atoms with Crippen molar-refractivity contribution in [2.75, 3.05) is 7.11 Å². The van der Waals surface area contributed by atoms with Gasteiger partial charge in [0.15, 0.2) is 0 Å². The van der Waals surface area contributed by atoms with Crippen molar-refractivity contribution >= 4 is 5.84 Å².